The molecule has 76 valence electrons. The minimum atomic E-state index is -2.77. The van der Waals surface area contributed by atoms with E-state index in [1.54, 1.807) is 0 Å². The average molecular weight is 265 g/mol. The Hall–Kier alpha value is -0.880. The number of carbonyl (C=O) groups excluding carboxylic acids is 1. The largest absolute Gasteiger partial charge is 0.326 e. The predicted molar refractivity (Wildman–Crippen MR) is 50.2 cm³/mol. The van der Waals surface area contributed by atoms with E-state index < -0.39 is 12.1 Å². The fourth-order valence-electron chi connectivity index (χ4n) is 1.07. The van der Waals surface area contributed by atoms with Gasteiger partial charge in [-0.2, -0.15) is 0 Å². The van der Waals surface area contributed by atoms with E-state index in [-0.39, 0.29) is 12.1 Å². The highest BCUT2D eigenvalue weighted by atomic mass is 79.9. The number of nitrogens with zero attached hydrogens (tertiary/aromatic N) is 1. The van der Waals surface area contributed by atoms with Crippen LogP contribution in [0.5, 0.6) is 0 Å². The molecule has 6 heteroatoms. The number of alkyl halides is 2. The van der Waals surface area contributed by atoms with Gasteiger partial charge in [0.1, 0.15) is 5.69 Å². The first-order valence-electron chi connectivity index (χ1n) is 3.72. The van der Waals surface area contributed by atoms with Gasteiger partial charge in [-0.1, -0.05) is 0 Å². The van der Waals surface area contributed by atoms with Crippen molar-refractivity contribution in [2.24, 2.45) is 5.73 Å². The number of rotatable bonds is 3. The molecule has 3 nitrogen and oxygen atoms in total. The van der Waals surface area contributed by atoms with E-state index in [0.29, 0.717) is 16.3 Å². The van der Waals surface area contributed by atoms with Gasteiger partial charge in [-0.05, 0) is 21.5 Å². The first kappa shape index (κ1) is 11.2. The highest BCUT2D eigenvalue weighted by Crippen LogP contribution is 2.26. The van der Waals surface area contributed by atoms with Crippen molar-refractivity contribution in [2.45, 2.75) is 13.0 Å². The molecular weight excluding hydrogens is 258 g/mol. The topological polar surface area (TPSA) is 56.0 Å². The first-order chi connectivity index (χ1) is 6.61. The SMILES string of the molecule is NCc1c(Br)cnc(C(F)F)c1C=O. The summed E-state index contributed by atoms with van der Waals surface area (Å²) < 4.78 is 25.2. The van der Waals surface area contributed by atoms with E-state index in [1.165, 1.54) is 6.20 Å². The van der Waals surface area contributed by atoms with Gasteiger partial charge in [-0.25, -0.2) is 8.78 Å². The second kappa shape index (κ2) is 4.56. The molecule has 0 spiro atoms. The summed E-state index contributed by atoms with van der Waals surface area (Å²) in [6, 6.07) is 0. The maximum absolute atomic E-state index is 12.4. The molecule has 0 unspecified atom stereocenters. The molecule has 1 aromatic heterocycles. The number of pyridine rings is 1. The Morgan fingerprint density at radius 1 is 1.64 bits per heavy atom. The summed E-state index contributed by atoms with van der Waals surface area (Å²) in [5, 5.41) is 0. The van der Waals surface area contributed by atoms with Crippen molar-refractivity contribution >= 4 is 22.2 Å². The standard InChI is InChI=1S/C8H7BrF2N2O/c9-6-2-13-7(8(10)11)5(3-14)4(6)1-12/h2-3,8H,1,12H2. The van der Waals surface area contributed by atoms with Gasteiger partial charge in [0.05, 0.1) is 0 Å². The molecule has 14 heavy (non-hydrogen) atoms. The molecule has 0 radical (unpaired) electrons. The molecule has 0 aromatic carbocycles. The van der Waals surface area contributed by atoms with Crippen molar-refractivity contribution in [3.8, 4) is 0 Å². The Morgan fingerprint density at radius 3 is 2.71 bits per heavy atom. The van der Waals surface area contributed by atoms with Gasteiger partial charge in [-0.3, -0.25) is 9.78 Å². The fraction of sp³-hybridized carbons (Fsp3) is 0.250. The zero-order chi connectivity index (χ0) is 10.7. The summed E-state index contributed by atoms with van der Waals surface area (Å²) in [6.07, 6.45) is -1.20. The molecule has 0 aliphatic carbocycles. The van der Waals surface area contributed by atoms with Gasteiger partial charge in [0.25, 0.3) is 6.43 Å². The summed E-state index contributed by atoms with van der Waals surface area (Å²) in [5.41, 5.74) is 5.03. The van der Waals surface area contributed by atoms with Crippen LogP contribution < -0.4 is 5.73 Å². The van der Waals surface area contributed by atoms with Crippen LogP contribution in [-0.4, -0.2) is 11.3 Å². The molecule has 2 N–H and O–H groups in total. The summed E-state index contributed by atoms with van der Waals surface area (Å²) in [7, 11) is 0. The minimum absolute atomic E-state index is 0.0108. The van der Waals surface area contributed by atoms with Crippen LogP contribution in [0.2, 0.25) is 0 Å². The van der Waals surface area contributed by atoms with Crippen molar-refractivity contribution in [1.29, 1.82) is 0 Å². The first-order valence-corrected chi connectivity index (χ1v) is 4.51. The van der Waals surface area contributed by atoms with E-state index in [2.05, 4.69) is 20.9 Å². The molecule has 0 amide bonds. The summed E-state index contributed by atoms with van der Waals surface area (Å²) in [5.74, 6) is 0. The second-order valence-electron chi connectivity index (χ2n) is 2.51. The van der Waals surface area contributed by atoms with E-state index in [4.69, 9.17) is 5.73 Å². The molecule has 1 aromatic rings. The Labute approximate surface area is 87.4 Å². The summed E-state index contributed by atoms with van der Waals surface area (Å²) >= 11 is 3.09. The Bertz CT molecular complexity index is 357. The molecule has 0 fully saturated rings. The Balaban J connectivity index is 3.40. The number of hydrogen-bond donors (Lipinski definition) is 1. The van der Waals surface area contributed by atoms with Crippen LogP contribution in [0.1, 0.15) is 28.0 Å². The minimum Gasteiger partial charge on any atom is -0.326 e. The second-order valence-corrected chi connectivity index (χ2v) is 3.36. The zero-order valence-corrected chi connectivity index (χ0v) is 8.59. The molecule has 0 saturated heterocycles. The van der Waals surface area contributed by atoms with Crippen molar-refractivity contribution < 1.29 is 13.6 Å². The molecule has 0 saturated carbocycles. The van der Waals surface area contributed by atoms with Gasteiger partial charge < -0.3 is 5.73 Å². The lowest BCUT2D eigenvalue weighted by molar-refractivity contribution is 0.110. The van der Waals surface area contributed by atoms with Crippen molar-refractivity contribution in [3.05, 3.63) is 27.5 Å². The van der Waals surface area contributed by atoms with Crippen LogP contribution in [0.15, 0.2) is 10.7 Å². The van der Waals surface area contributed by atoms with Gasteiger partial charge in [0, 0.05) is 22.8 Å². The third kappa shape index (κ3) is 1.96. The van der Waals surface area contributed by atoms with Crippen LogP contribution in [-0.2, 0) is 6.54 Å². The van der Waals surface area contributed by atoms with Crippen molar-refractivity contribution in [1.82, 2.24) is 4.98 Å². The van der Waals surface area contributed by atoms with Crippen LogP contribution in [0, 0.1) is 0 Å². The maximum atomic E-state index is 12.4. The van der Waals surface area contributed by atoms with E-state index in [1.807, 2.05) is 0 Å². The molecule has 1 heterocycles. The monoisotopic (exact) mass is 264 g/mol. The number of aromatic nitrogens is 1. The molecule has 0 aliphatic rings. The quantitative estimate of drug-likeness (QED) is 0.851. The van der Waals surface area contributed by atoms with Gasteiger partial charge in [-0.15, -0.1) is 0 Å². The number of aldehydes is 1. The van der Waals surface area contributed by atoms with Crippen LogP contribution >= 0.6 is 15.9 Å². The molecule has 0 bridgehead atoms. The molecule has 0 atom stereocenters. The number of nitrogens with two attached hydrogens (primary N) is 1. The number of carbonyl (C=O) groups is 1. The predicted octanol–water partition coefficient (Wildman–Crippen LogP) is 2.05. The van der Waals surface area contributed by atoms with E-state index in [0.717, 1.165) is 0 Å². The lowest BCUT2D eigenvalue weighted by Crippen LogP contribution is -2.07. The highest BCUT2D eigenvalue weighted by molar-refractivity contribution is 9.10. The number of hydrogen-bond acceptors (Lipinski definition) is 3. The smallest absolute Gasteiger partial charge is 0.281 e. The fourth-order valence-corrected chi connectivity index (χ4v) is 1.55. The van der Waals surface area contributed by atoms with Crippen LogP contribution in [0.25, 0.3) is 0 Å². The highest BCUT2D eigenvalue weighted by Gasteiger charge is 2.18. The molecular formula is C8H7BrF2N2O. The van der Waals surface area contributed by atoms with E-state index >= 15 is 0 Å². The lowest BCUT2D eigenvalue weighted by Gasteiger charge is -2.08. The third-order valence-electron chi connectivity index (χ3n) is 1.74. The van der Waals surface area contributed by atoms with Crippen LogP contribution in [0.4, 0.5) is 8.78 Å². The Morgan fingerprint density at radius 2 is 2.29 bits per heavy atom. The number of halogens is 3. The molecule has 1 rings (SSSR count). The normalized spacial score (nSPS) is 10.6. The van der Waals surface area contributed by atoms with E-state index in [9.17, 15) is 13.6 Å². The van der Waals surface area contributed by atoms with Gasteiger partial charge in [0.15, 0.2) is 6.29 Å². The summed E-state index contributed by atoms with van der Waals surface area (Å²) in [6.45, 7) is 0.0108. The van der Waals surface area contributed by atoms with Crippen molar-refractivity contribution in [2.75, 3.05) is 0 Å². The van der Waals surface area contributed by atoms with Crippen LogP contribution in [0.3, 0.4) is 0 Å². The van der Waals surface area contributed by atoms with Gasteiger partial charge >= 0.3 is 0 Å². The average Bonchev–Trinajstić information content (AvgIpc) is 2.16. The Kier molecular flexibility index (Phi) is 3.65. The zero-order valence-electron chi connectivity index (χ0n) is 7.01. The third-order valence-corrected chi connectivity index (χ3v) is 2.42. The molecule has 0 aliphatic heterocycles. The summed E-state index contributed by atoms with van der Waals surface area (Å²) in [4.78, 5) is 14.1. The maximum Gasteiger partial charge on any atom is 0.281 e. The lowest BCUT2D eigenvalue weighted by atomic mass is 10.1. The van der Waals surface area contributed by atoms with Crippen molar-refractivity contribution in [3.63, 3.8) is 0 Å². The van der Waals surface area contributed by atoms with Gasteiger partial charge in [0.2, 0.25) is 0 Å².